The standard InChI is InChI=1S/C25H24FNO7/c1-31-14-10-11-15-16(12-14)21-17(23(28)32-2)18(24(29)33-3)22(25(30)34-4)27(21)20(19(15)26)13-8-6-5-7-9-13/h8,10-12H,5-7,9H2,1-4H3. The lowest BCUT2D eigenvalue weighted by atomic mass is 9.94. The maximum atomic E-state index is 16.2. The van der Waals surface area contributed by atoms with Crippen LogP contribution in [0.5, 0.6) is 5.75 Å². The molecule has 2 heterocycles. The molecule has 178 valence electrons. The number of methoxy groups -OCH3 is 4. The largest absolute Gasteiger partial charge is 0.497 e. The Bertz CT molecular complexity index is 1370. The zero-order valence-electron chi connectivity index (χ0n) is 19.3. The van der Waals surface area contributed by atoms with Crippen LogP contribution in [0.25, 0.3) is 21.9 Å². The average molecular weight is 469 g/mol. The molecular formula is C25H24FNO7. The van der Waals surface area contributed by atoms with Gasteiger partial charge in [-0.3, -0.25) is 4.40 Å². The molecule has 1 aromatic carbocycles. The minimum atomic E-state index is -0.954. The first-order chi connectivity index (χ1) is 16.4. The second kappa shape index (κ2) is 9.17. The summed E-state index contributed by atoms with van der Waals surface area (Å²) in [6.45, 7) is 0. The predicted molar refractivity (Wildman–Crippen MR) is 122 cm³/mol. The van der Waals surface area contributed by atoms with Gasteiger partial charge in [0.05, 0.1) is 39.6 Å². The number of pyridine rings is 1. The molecule has 0 amide bonds. The van der Waals surface area contributed by atoms with Gasteiger partial charge in [0.2, 0.25) is 0 Å². The number of halogens is 1. The second-order valence-electron chi connectivity index (χ2n) is 7.81. The van der Waals surface area contributed by atoms with E-state index >= 15 is 4.39 Å². The van der Waals surface area contributed by atoms with Crippen LogP contribution in [0, 0.1) is 5.82 Å². The Morgan fingerprint density at radius 3 is 2.15 bits per heavy atom. The van der Waals surface area contributed by atoms with E-state index in [0.29, 0.717) is 17.7 Å². The number of hydrogen-bond acceptors (Lipinski definition) is 7. The Morgan fingerprint density at radius 1 is 0.882 bits per heavy atom. The van der Waals surface area contributed by atoms with Crippen molar-refractivity contribution in [2.24, 2.45) is 0 Å². The molecule has 0 fully saturated rings. The normalized spacial score (nSPS) is 13.5. The van der Waals surface area contributed by atoms with Gasteiger partial charge in [-0.1, -0.05) is 6.08 Å². The number of rotatable bonds is 5. The van der Waals surface area contributed by atoms with E-state index in [1.807, 2.05) is 6.08 Å². The molecule has 4 rings (SSSR count). The van der Waals surface area contributed by atoms with Crippen LogP contribution in [0.2, 0.25) is 0 Å². The van der Waals surface area contributed by atoms with Gasteiger partial charge in [0.25, 0.3) is 0 Å². The van der Waals surface area contributed by atoms with Gasteiger partial charge in [-0.2, -0.15) is 0 Å². The van der Waals surface area contributed by atoms with Crippen LogP contribution in [0.3, 0.4) is 0 Å². The zero-order valence-corrected chi connectivity index (χ0v) is 19.3. The monoisotopic (exact) mass is 469 g/mol. The third kappa shape index (κ3) is 3.48. The number of nitrogens with zero attached hydrogens (tertiary/aromatic N) is 1. The van der Waals surface area contributed by atoms with Gasteiger partial charge in [0.1, 0.15) is 22.6 Å². The van der Waals surface area contributed by atoms with Crippen LogP contribution in [0.1, 0.15) is 62.6 Å². The van der Waals surface area contributed by atoms with Gasteiger partial charge in [-0.05, 0) is 49.5 Å². The summed E-state index contributed by atoms with van der Waals surface area (Å²) in [5, 5.41) is 0.461. The highest BCUT2D eigenvalue weighted by Crippen LogP contribution is 2.40. The molecule has 2 aromatic heterocycles. The summed E-state index contributed by atoms with van der Waals surface area (Å²) in [6, 6.07) is 4.69. The minimum absolute atomic E-state index is 0.0908. The maximum absolute atomic E-state index is 16.2. The van der Waals surface area contributed by atoms with Gasteiger partial charge in [0.15, 0.2) is 5.82 Å². The molecule has 9 heteroatoms. The SMILES string of the molecule is COC(=O)c1c(C(=O)OC)c2c3cc(OC)ccc3c(F)c(C3=CCCCC3)n2c1C(=O)OC. The number of benzene rings is 1. The van der Waals surface area contributed by atoms with Crippen molar-refractivity contribution in [3.05, 3.63) is 52.6 Å². The second-order valence-corrected chi connectivity index (χ2v) is 7.81. The maximum Gasteiger partial charge on any atom is 0.355 e. The number of aromatic nitrogens is 1. The quantitative estimate of drug-likeness (QED) is 0.400. The zero-order chi connectivity index (χ0) is 24.6. The van der Waals surface area contributed by atoms with Crippen LogP contribution in [-0.4, -0.2) is 50.7 Å². The number of carbonyl (C=O) groups excluding carboxylic acids is 3. The van der Waals surface area contributed by atoms with E-state index in [4.69, 9.17) is 18.9 Å². The van der Waals surface area contributed by atoms with Crippen molar-refractivity contribution in [2.45, 2.75) is 25.7 Å². The highest BCUT2D eigenvalue weighted by atomic mass is 19.1. The van der Waals surface area contributed by atoms with E-state index in [1.165, 1.54) is 11.5 Å². The van der Waals surface area contributed by atoms with Gasteiger partial charge >= 0.3 is 17.9 Å². The van der Waals surface area contributed by atoms with Crippen molar-refractivity contribution >= 4 is 39.8 Å². The Kier molecular flexibility index (Phi) is 6.28. The highest BCUT2D eigenvalue weighted by molar-refractivity contribution is 6.19. The number of fused-ring (bicyclic) bond motifs is 3. The molecule has 0 spiro atoms. The summed E-state index contributed by atoms with van der Waals surface area (Å²) in [5.41, 5.74) is 0.00559. The Hall–Kier alpha value is -3.88. The van der Waals surface area contributed by atoms with E-state index < -0.39 is 23.7 Å². The molecule has 0 N–H and O–H groups in total. The fourth-order valence-electron chi connectivity index (χ4n) is 4.54. The average Bonchev–Trinajstić information content (AvgIpc) is 3.23. The Balaban J connectivity index is 2.37. The first kappa shape index (κ1) is 23.3. The van der Waals surface area contributed by atoms with Crippen molar-refractivity contribution in [1.82, 2.24) is 4.40 Å². The lowest BCUT2D eigenvalue weighted by Crippen LogP contribution is -2.16. The summed E-state index contributed by atoms with van der Waals surface area (Å²) in [7, 11) is 4.87. The first-order valence-electron chi connectivity index (χ1n) is 10.7. The predicted octanol–water partition coefficient (Wildman–Crippen LogP) is 4.56. The van der Waals surface area contributed by atoms with Crippen molar-refractivity contribution in [3.8, 4) is 5.75 Å². The molecular weight excluding hydrogens is 445 g/mol. The fourth-order valence-corrected chi connectivity index (χ4v) is 4.54. The number of carbonyl (C=O) groups is 3. The van der Waals surface area contributed by atoms with Crippen LogP contribution >= 0.6 is 0 Å². The summed E-state index contributed by atoms with van der Waals surface area (Å²) in [4.78, 5) is 39.0. The number of ether oxygens (including phenoxy) is 4. The molecule has 8 nitrogen and oxygen atoms in total. The topological polar surface area (TPSA) is 92.5 Å². The molecule has 3 aromatic rings. The smallest absolute Gasteiger partial charge is 0.355 e. The molecule has 0 bridgehead atoms. The molecule has 0 atom stereocenters. The van der Waals surface area contributed by atoms with Crippen LogP contribution < -0.4 is 4.74 Å². The van der Waals surface area contributed by atoms with Crippen LogP contribution in [0.15, 0.2) is 24.3 Å². The minimum Gasteiger partial charge on any atom is -0.497 e. The molecule has 0 unspecified atom stereocenters. The number of allylic oxidation sites excluding steroid dienone is 2. The Labute approximate surface area is 194 Å². The third-order valence-electron chi connectivity index (χ3n) is 6.07. The lowest BCUT2D eigenvalue weighted by molar-refractivity contribution is 0.0536. The van der Waals surface area contributed by atoms with E-state index in [-0.39, 0.29) is 38.8 Å². The van der Waals surface area contributed by atoms with Crippen molar-refractivity contribution in [2.75, 3.05) is 28.4 Å². The van der Waals surface area contributed by atoms with E-state index in [1.54, 1.807) is 18.2 Å². The molecule has 1 aliphatic rings. The van der Waals surface area contributed by atoms with E-state index in [0.717, 1.165) is 40.6 Å². The van der Waals surface area contributed by atoms with Crippen molar-refractivity contribution in [3.63, 3.8) is 0 Å². The van der Waals surface area contributed by atoms with Crippen molar-refractivity contribution in [1.29, 1.82) is 0 Å². The molecule has 0 saturated heterocycles. The molecule has 0 radical (unpaired) electrons. The van der Waals surface area contributed by atoms with Crippen LogP contribution in [0.4, 0.5) is 4.39 Å². The highest BCUT2D eigenvalue weighted by Gasteiger charge is 2.37. The summed E-state index contributed by atoms with van der Waals surface area (Å²) in [5.74, 6) is -2.96. The molecule has 0 aliphatic heterocycles. The molecule has 0 saturated carbocycles. The van der Waals surface area contributed by atoms with E-state index in [9.17, 15) is 14.4 Å². The first-order valence-corrected chi connectivity index (χ1v) is 10.7. The number of esters is 3. The van der Waals surface area contributed by atoms with Crippen molar-refractivity contribution < 1.29 is 37.7 Å². The number of hydrogen-bond donors (Lipinski definition) is 0. The van der Waals surface area contributed by atoms with Gasteiger partial charge in [-0.25, -0.2) is 18.8 Å². The lowest BCUT2D eigenvalue weighted by Gasteiger charge is -2.19. The van der Waals surface area contributed by atoms with Gasteiger partial charge in [-0.15, -0.1) is 0 Å². The van der Waals surface area contributed by atoms with E-state index in [2.05, 4.69) is 0 Å². The van der Waals surface area contributed by atoms with Gasteiger partial charge < -0.3 is 18.9 Å². The van der Waals surface area contributed by atoms with Gasteiger partial charge in [0, 0.05) is 10.8 Å². The van der Waals surface area contributed by atoms with Crippen LogP contribution in [-0.2, 0) is 14.2 Å². The fraction of sp³-hybridized carbons (Fsp3) is 0.320. The third-order valence-corrected chi connectivity index (χ3v) is 6.07. The summed E-state index contributed by atoms with van der Waals surface area (Å²) >= 11 is 0. The Morgan fingerprint density at radius 2 is 1.56 bits per heavy atom. The molecule has 1 aliphatic carbocycles. The summed E-state index contributed by atoms with van der Waals surface area (Å²) in [6.07, 6.45) is 4.99. The summed E-state index contributed by atoms with van der Waals surface area (Å²) < 4.78 is 37.6. The molecule has 34 heavy (non-hydrogen) atoms.